The van der Waals surface area contributed by atoms with E-state index in [0.29, 0.717) is 0 Å². The average molecular weight is 567 g/mol. The van der Waals surface area contributed by atoms with E-state index in [4.69, 9.17) is 20.0 Å². The number of pyridine rings is 1. The van der Waals surface area contributed by atoms with Crippen LogP contribution in [0.2, 0.25) is 0 Å². The van der Waals surface area contributed by atoms with Gasteiger partial charge >= 0.3 is 5.97 Å². The molecule has 3 fully saturated rings. The van der Waals surface area contributed by atoms with Gasteiger partial charge in [-0.25, -0.2) is 0 Å². The monoisotopic (exact) mass is 566 g/mol. The summed E-state index contributed by atoms with van der Waals surface area (Å²) in [7, 11) is 0. The molecule has 6 atom stereocenters. The Bertz CT molecular complexity index is 1560. The molecule has 0 bridgehead atoms. The van der Waals surface area contributed by atoms with Crippen molar-refractivity contribution >= 4 is 17.8 Å². The number of benzene rings is 2. The predicted octanol–water partition coefficient (Wildman–Crippen LogP) is 1.86. The quantitative estimate of drug-likeness (QED) is 0.251. The minimum atomic E-state index is -1.60. The fourth-order valence-corrected chi connectivity index (χ4v) is 5.95. The van der Waals surface area contributed by atoms with E-state index in [-0.39, 0.29) is 25.6 Å². The van der Waals surface area contributed by atoms with Gasteiger partial charge in [0.2, 0.25) is 5.91 Å². The molecule has 10 heteroatoms. The summed E-state index contributed by atoms with van der Waals surface area (Å²) in [4.78, 5) is 49.6. The van der Waals surface area contributed by atoms with Crippen LogP contribution in [0.5, 0.6) is 0 Å². The van der Waals surface area contributed by atoms with Gasteiger partial charge in [0.15, 0.2) is 5.60 Å². The summed E-state index contributed by atoms with van der Waals surface area (Å²) in [6.45, 7) is 1.64. The SMILES string of the molecule is CC(=O)OC1C2[C@@H](C(=O)NCc3cccnc3)N(Cc3cccc(C#Cc4ccccc4)c3)O[C@@]2(C(N)=O)C[C@@H]2O[C@H]12. The van der Waals surface area contributed by atoms with Gasteiger partial charge in [-0.15, -0.1) is 0 Å². The Kier molecular flexibility index (Phi) is 7.47. The van der Waals surface area contributed by atoms with Gasteiger partial charge in [0.25, 0.3) is 5.91 Å². The van der Waals surface area contributed by atoms with E-state index in [1.54, 1.807) is 18.5 Å². The van der Waals surface area contributed by atoms with Crippen LogP contribution in [0.3, 0.4) is 0 Å². The van der Waals surface area contributed by atoms with Crippen LogP contribution in [0.25, 0.3) is 0 Å². The van der Waals surface area contributed by atoms with E-state index in [1.165, 1.54) is 12.0 Å². The molecule has 0 spiro atoms. The number of aromatic nitrogens is 1. The van der Waals surface area contributed by atoms with Crippen LogP contribution in [-0.2, 0) is 41.8 Å². The number of hydroxylamine groups is 2. The number of ether oxygens (including phenoxy) is 2. The number of primary amides is 1. The number of epoxide rings is 1. The Morgan fingerprint density at radius 3 is 2.57 bits per heavy atom. The normalized spacial score (nSPS) is 27.5. The van der Waals surface area contributed by atoms with Crippen molar-refractivity contribution < 1.29 is 28.7 Å². The second-order valence-corrected chi connectivity index (χ2v) is 10.7. The fraction of sp³-hybridized carbons (Fsp3) is 0.312. The van der Waals surface area contributed by atoms with E-state index < -0.39 is 47.6 Å². The number of carbonyl (C=O) groups excluding carboxylic acids is 3. The highest BCUT2D eigenvalue weighted by atomic mass is 16.7. The van der Waals surface area contributed by atoms with Gasteiger partial charge in [0, 0.05) is 43.4 Å². The van der Waals surface area contributed by atoms with Crippen molar-refractivity contribution in [3.63, 3.8) is 0 Å². The van der Waals surface area contributed by atoms with Gasteiger partial charge in [-0.05, 0) is 41.5 Å². The first kappa shape index (κ1) is 27.6. The lowest BCUT2D eigenvalue weighted by molar-refractivity contribution is -0.218. The van der Waals surface area contributed by atoms with Crippen molar-refractivity contribution in [2.75, 3.05) is 0 Å². The molecular weight excluding hydrogens is 536 g/mol. The van der Waals surface area contributed by atoms with E-state index >= 15 is 0 Å². The Morgan fingerprint density at radius 2 is 1.83 bits per heavy atom. The maximum atomic E-state index is 13.9. The standard InChI is InChI=1S/C32H30N4O6/c1-20(37)40-29-26-27(30(38)35-18-24-11-6-14-34-17-24)36(42-32(26,31(33)39)16-25-28(29)41-25)19-23-10-5-9-22(15-23)13-12-21-7-3-2-4-8-21/h2-11,14-15,17,25-29H,16,18-19H2,1H3,(H2,33,39)(H,35,38)/t25-,26?,27-,28-,29?,32-/m0/s1. The van der Waals surface area contributed by atoms with Gasteiger partial charge in [-0.2, -0.15) is 5.06 Å². The van der Waals surface area contributed by atoms with Crippen LogP contribution >= 0.6 is 0 Å². The molecule has 1 saturated carbocycles. The molecule has 1 aromatic heterocycles. The molecule has 3 N–H and O–H groups in total. The molecule has 6 rings (SSSR count). The second kappa shape index (κ2) is 11.4. The lowest BCUT2D eigenvalue weighted by atomic mass is 9.70. The lowest BCUT2D eigenvalue weighted by Crippen LogP contribution is -2.61. The third-order valence-corrected chi connectivity index (χ3v) is 7.84. The van der Waals surface area contributed by atoms with Gasteiger partial charge in [-0.3, -0.25) is 24.2 Å². The summed E-state index contributed by atoms with van der Waals surface area (Å²) in [6.07, 6.45) is 1.75. The Morgan fingerprint density at radius 1 is 1.07 bits per heavy atom. The van der Waals surface area contributed by atoms with Crippen LogP contribution in [0.15, 0.2) is 79.1 Å². The Balaban J connectivity index is 1.32. The number of hydrogen-bond donors (Lipinski definition) is 2. The summed E-state index contributed by atoms with van der Waals surface area (Å²) >= 11 is 0. The maximum absolute atomic E-state index is 13.9. The molecule has 10 nitrogen and oxygen atoms in total. The van der Waals surface area contributed by atoms with E-state index in [0.717, 1.165) is 22.3 Å². The van der Waals surface area contributed by atoms with Crippen LogP contribution in [0, 0.1) is 17.8 Å². The van der Waals surface area contributed by atoms with Crippen LogP contribution < -0.4 is 11.1 Å². The fourth-order valence-electron chi connectivity index (χ4n) is 5.95. The molecule has 42 heavy (non-hydrogen) atoms. The number of carbonyl (C=O) groups is 3. The topological polar surface area (TPSA) is 136 Å². The molecule has 2 aromatic carbocycles. The predicted molar refractivity (Wildman–Crippen MR) is 150 cm³/mol. The van der Waals surface area contributed by atoms with Gasteiger partial charge in [-0.1, -0.05) is 48.2 Å². The van der Waals surface area contributed by atoms with Crippen molar-refractivity contribution in [2.45, 2.75) is 56.4 Å². The molecule has 214 valence electrons. The Labute approximate surface area is 243 Å². The summed E-state index contributed by atoms with van der Waals surface area (Å²) in [6, 6.07) is 19.8. The number of rotatable bonds is 7. The van der Waals surface area contributed by atoms with Crippen molar-refractivity contribution in [3.05, 3.63) is 101 Å². The third-order valence-electron chi connectivity index (χ3n) is 7.84. The van der Waals surface area contributed by atoms with Gasteiger partial charge in [0.1, 0.15) is 18.2 Å². The number of fused-ring (bicyclic) bond motifs is 2. The molecule has 1 aliphatic carbocycles. The van der Waals surface area contributed by atoms with Crippen molar-refractivity contribution in [3.8, 4) is 11.8 Å². The molecule has 2 saturated heterocycles. The summed E-state index contributed by atoms with van der Waals surface area (Å²) in [5.74, 6) is 3.74. The van der Waals surface area contributed by atoms with Crippen LogP contribution in [-0.4, -0.2) is 57.8 Å². The van der Waals surface area contributed by atoms with Crippen molar-refractivity contribution in [1.82, 2.24) is 15.4 Å². The highest BCUT2D eigenvalue weighted by Crippen LogP contribution is 2.54. The number of hydrogen-bond acceptors (Lipinski definition) is 8. The zero-order valence-corrected chi connectivity index (χ0v) is 22.9. The molecule has 0 radical (unpaired) electrons. The second-order valence-electron chi connectivity index (χ2n) is 10.7. The molecular formula is C32H30N4O6. The highest BCUT2D eigenvalue weighted by Gasteiger charge is 2.73. The third kappa shape index (κ3) is 5.50. The molecule has 2 unspecified atom stereocenters. The van der Waals surface area contributed by atoms with Crippen LogP contribution in [0.4, 0.5) is 0 Å². The number of amides is 2. The number of nitrogens with zero attached hydrogens (tertiary/aromatic N) is 2. The van der Waals surface area contributed by atoms with Crippen molar-refractivity contribution in [1.29, 1.82) is 0 Å². The molecule has 2 aliphatic heterocycles. The minimum absolute atomic E-state index is 0.153. The summed E-state index contributed by atoms with van der Waals surface area (Å²) in [5, 5.41) is 4.43. The first-order valence-electron chi connectivity index (χ1n) is 13.7. The number of esters is 1. The molecule has 3 heterocycles. The minimum Gasteiger partial charge on any atom is -0.459 e. The summed E-state index contributed by atoms with van der Waals surface area (Å²) in [5.41, 5.74) is 7.65. The van der Waals surface area contributed by atoms with Gasteiger partial charge < -0.3 is 20.5 Å². The van der Waals surface area contributed by atoms with Crippen molar-refractivity contribution in [2.24, 2.45) is 11.7 Å². The van der Waals surface area contributed by atoms with Crippen LogP contribution in [0.1, 0.15) is 35.6 Å². The van der Waals surface area contributed by atoms with E-state index in [1.807, 2.05) is 60.7 Å². The average Bonchev–Trinajstić information content (AvgIpc) is 3.68. The largest absolute Gasteiger partial charge is 0.459 e. The summed E-state index contributed by atoms with van der Waals surface area (Å²) < 4.78 is 11.4. The van der Waals surface area contributed by atoms with Gasteiger partial charge in [0.05, 0.1) is 18.6 Å². The lowest BCUT2D eigenvalue weighted by Gasteiger charge is -2.37. The molecule has 2 amide bonds. The first-order valence-corrected chi connectivity index (χ1v) is 13.7. The zero-order chi connectivity index (χ0) is 29.3. The van der Waals surface area contributed by atoms with E-state index in [2.05, 4.69) is 22.1 Å². The first-order chi connectivity index (χ1) is 20.3. The number of nitrogens with one attached hydrogen (secondary N) is 1. The molecule has 3 aromatic rings. The maximum Gasteiger partial charge on any atom is 0.303 e. The highest BCUT2D eigenvalue weighted by molar-refractivity contribution is 5.89. The smallest absolute Gasteiger partial charge is 0.303 e. The Hall–Kier alpha value is -4.56. The number of nitrogens with two attached hydrogens (primary N) is 1. The van der Waals surface area contributed by atoms with E-state index in [9.17, 15) is 14.4 Å². The zero-order valence-electron chi connectivity index (χ0n) is 22.9. The molecule has 3 aliphatic rings.